The first-order valence-corrected chi connectivity index (χ1v) is 9.63. The van der Waals surface area contributed by atoms with Crippen LogP contribution in [0.3, 0.4) is 0 Å². The Hall–Kier alpha value is -1.37. The van der Waals surface area contributed by atoms with E-state index >= 15 is 0 Å². The molecule has 0 atom stereocenters. The number of nitrogens with one attached hydrogen (secondary N) is 1. The molecular weight excluding hydrogens is 392 g/mol. The van der Waals surface area contributed by atoms with E-state index in [9.17, 15) is 14.0 Å². The van der Waals surface area contributed by atoms with E-state index in [0.29, 0.717) is 44.6 Å². The lowest BCUT2D eigenvalue weighted by atomic mass is 9.95. The van der Waals surface area contributed by atoms with Crippen molar-refractivity contribution in [2.24, 2.45) is 11.7 Å². The Morgan fingerprint density at radius 2 is 1.85 bits per heavy atom. The summed E-state index contributed by atoms with van der Waals surface area (Å²) in [5, 5.41) is 2.76. The molecule has 0 unspecified atom stereocenters. The Labute approximate surface area is 171 Å². The number of amides is 2. The Morgan fingerprint density at radius 1 is 1.19 bits per heavy atom. The second kappa shape index (κ2) is 12.2. The van der Waals surface area contributed by atoms with Crippen molar-refractivity contribution >= 4 is 41.5 Å². The molecule has 1 aromatic rings. The molecule has 152 valence electrons. The largest absolute Gasteiger partial charge is 0.343 e. The van der Waals surface area contributed by atoms with Gasteiger partial charge in [-0.1, -0.05) is 24.4 Å². The van der Waals surface area contributed by atoms with Crippen LogP contribution in [0.1, 0.15) is 44.9 Å². The SMILES string of the molecule is Cl.NCCCCCCC(=O)N1CCC(C(=O)Nc2ccc(F)c(Cl)c2)CC1. The van der Waals surface area contributed by atoms with E-state index in [1.54, 1.807) is 0 Å². The molecule has 0 saturated carbocycles. The smallest absolute Gasteiger partial charge is 0.227 e. The molecule has 0 aromatic heterocycles. The van der Waals surface area contributed by atoms with Crippen LogP contribution in [0.15, 0.2) is 18.2 Å². The number of carbonyl (C=O) groups is 2. The number of anilines is 1. The second-order valence-electron chi connectivity index (χ2n) is 6.73. The maximum atomic E-state index is 13.2. The highest BCUT2D eigenvalue weighted by atomic mass is 35.5. The first-order valence-electron chi connectivity index (χ1n) is 9.25. The summed E-state index contributed by atoms with van der Waals surface area (Å²) in [5.74, 6) is -0.601. The molecule has 1 aromatic carbocycles. The lowest BCUT2D eigenvalue weighted by molar-refractivity contribution is -0.134. The fourth-order valence-corrected chi connectivity index (χ4v) is 3.32. The van der Waals surface area contributed by atoms with Crippen LogP contribution in [0.25, 0.3) is 0 Å². The van der Waals surface area contributed by atoms with Gasteiger partial charge in [0.25, 0.3) is 0 Å². The highest BCUT2D eigenvalue weighted by Crippen LogP contribution is 2.23. The third-order valence-electron chi connectivity index (χ3n) is 4.75. The summed E-state index contributed by atoms with van der Waals surface area (Å²) in [6.07, 6.45) is 5.84. The minimum atomic E-state index is -0.514. The molecule has 0 aliphatic carbocycles. The number of halogens is 3. The molecule has 2 rings (SSSR count). The number of hydrogen-bond acceptors (Lipinski definition) is 3. The van der Waals surface area contributed by atoms with Crippen LogP contribution in [-0.4, -0.2) is 36.3 Å². The molecule has 27 heavy (non-hydrogen) atoms. The van der Waals surface area contributed by atoms with Crippen molar-refractivity contribution in [1.82, 2.24) is 4.90 Å². The number of nitrogens with zero attached hydrogens (tertiary/aromatic N) is 1. The van der Waals surface area contributed by atoms with Crippen LogP contribution < -0.4 is 11.1 Å². The van der Waals surface area contributed by atoms with Gasteiger partial charge in [0.15, 0.2) is 0 Å². The van der Waals surface area contributed by atoms with Crippen molar-refractivity contribution in [1.29, 1.82) is 0 Å². The number of hydrogen-bond donors (Lipinski definition) is 2. The number of rotatable bonds is 8. The summed E-state index contributed by atoms with van der Waals surface area (Å²) in [6.45, 7) is 1.90. The van der Waals surface area contributed by atoms with Gasteiger partial charge in [0, 0.05) is 31.1 Å². The molecule has 5 nitrogen and oxygen atoms in total. The first-order chi connectivity index (χ1) is 12.5. The van der Waals surface area contributed by atoms with Crippen molar-refractivity contribution in [3.63, 3.8) is 0 Å². The number of piperidine rings is 1. The summed E-state index contributed by atoms with van der Waals surface area (Å²) in [6, 6.07) is 4.12. The Kier molecular flexibility index (Phi) is 10.7. The van der Waals surface area contributed by atoms with E-state index in [2.05, 4.69) is 5.32 Å². The highest BCUT2D eigenvalue weighted by molar-refractivity contribution is 6.31. The molecule has 1 fully saturated rings. The standard InChI is InChI=1S/C19H27ClFN3O2.ClH/c20-16-13-15(6-7-17(16)21)23-19(26)14-8-11-24(12-9-14)18(25)5-3-1-2-4-10-22;/h6-7,13-14H,1-5,8-12,22H2,(H,23,26);1H. The van der Waals surface area contributed by atoms with Gasteiger partial charge in [-0.2, -0.15) is 0 Å². The normalized spacial score (nSPS) is 14.6. The fourth-order valence-electron chi connectivity index (χ4n) is 3.14. The van der Waals surface area contributed by atoms with Crippen LogP contribution in [0.2, 0.25) is 5.02 Å². The molecule has 1 aliphatic heterocycles. The quantitative estimate of drug-likeness (QED) is 0.625. The molecular formula is C19H28Cl2FN3O2. The average Bonchev–Trinajstić information content (AvgIpc) is 2.64. The van der Waals surface area contributed by atoms with Gasteiger partial charge in [0.2, 0.25) is 11.8 Å². The van der Waals surface area contributed by atoms with Crippen molar-refractivity contribution in [3.05, 3.63) is 29.0 Å². The Balaban J connectivity index is 0.00000364. The monoisotopic (exact) mass is 419 g/mol. The third kappa shape index (κ3) is 7.64. The van der Waals surface area contributed by atoms with E-state index in [-0.39, 0.29) is 35.2 Å². The van der Waals surface area contributed by atoms with Crippen LogP contribution in [0.5, 0.6) is 0 Å². The Bertz CT molecular complexity index is 623. The minimum absolute atomic E-state index is 0. The van der Waals surface area contributed by atoms with E-state index in [0.717, 1.165) is 25.7 Å². The van der Waals surface area contributed by atoms with Crippen molar-refractivity contribution in [2.45, 2.75) is 44.9 Å². The van der Waals surface area contributed by atoms with E-state index in [1.165, 1.54) is 18.2 Å². The topological polar surface area (TPSA) is 75.4 Å². The lowest BCUT2D eigenvalue weighted by Crippen LogP contribution is -2.41. The molecule has 2 amide bonds. The molecule has 0 radical (unpaired) electrons. The van der Waals surface area contributed by atoms with Crippen LogP contribution >= 0.6 is 24.0 Å². The maximum Gasteiger partial charge on any atom is 0.227 e. The number of benzene rings is 1. The van der Waals surface area contributed by atoms with Gasteiger partial charge in [0.05, 0.1) is 5.02 Å². The molecule has 1 saturated heterocycles. The molecule has 0 bridgehead atoms. The summed E-state index contributed by atoms with van der Waals surface area (Å²) < 4.78 is 13.2. The molecule has 8 heteroatoms. The fraction of sp³-hybridized carbons (Fsp3) is 0.579. The van der Waals surface area contributed by atoms with Gasteiger partial charge < -0.3 is 16.0 Å². The van der Waals surface area contributed by atoms with Crippen LogP contribution in [0, 0.1) is 11.7 Å². The molecule has 1 heterocycles. The number of carbonyl (C=O) groups excluding carboxylic acids is 2. The highest BCUT2D eigenvalue weighted by Gasteiger charge is 2.27. The molecule has 0 spiro atoms. The number of unbranched alkanes of at least 4 members (excludes halogenated alkanes) is 3. The van der Waals surface area contributed by atoms with Gasteiger partial charge in [-0.05, 0) is 50.4 Å². The summed E-state index contributed by atoms with van der Waals surface area (Å²) >= 11 is 5.73. The lowest BCUT2D eigenvalue weighted by Gasteiger charge is -2.31. The van der Waals surface area contributed by atoms with Crippen molar-refractivity contribution in [2.75, 3.05) is 25.0 Å². The predicted octanol–water partition coefficient (Wildman–Crippen LogP) is 3.99. The zero-order chi connectivity index (χ0) is 18.9. The van der Waals surface area contributed by atoms with Gasteiger partial charge >= 0.3 is 0 Å². The first kappa shape index (κ1) is 23.7. The second-order valence-corrected chi connectivity index (χ2v) is 7.13. The van der Waals surface area contributed by atoms with Crippen molar-refractivity contribution in [3.8, 4) is 0 Å². The van der Waals surface area contributed by atoms with Crippen LogP contribution in [-0.2, 0) is 9.59 Å². The van der Waals surface area contributed by atoms with E-state index in [4.69, 9.17) is 17.3 Å². The predicted molar refractivity (Wildman–Crippen MR) is 109 cm³/mol. The zero-order valence-corrected chi connectivity index (χ0v) is 17.0. The number of likely N-dealkylation sites (tertiary alicyclic amines) is 1. The average molecular weight is 420 g/mol. The summed E-state index contributed by atoms with van der Waals surface area (Å²) in [4.78, 5) is 26.4. The summed E-state index contributed by atoms with van der Waals surface area (Å²) in [7, 11) is 0. The summed E-state index contributed by atoms with van der Waals surface area (Å²) in [5.41, 5.74) is 5.94. The van der Waals surface area contributed by atoms with E-state index < -0.39 is 5.82 Å². The van der Waals surface area contributed by atoms with Gasteiger partial charge in [-0.25, -0.2) is 4.39 Å². The van der Waals surface area contributed by atoms with Gasteiger partial charge in [0.1, 0.15) is 5.82 Å². The van der Waals surface area contributed by atoms with Crippen LogP contribution in [0.4, 0.5) is 10.1 Å². The minimum Gasteiger partial charge on any atom is -0.343 e. The zero-order valence-electron chi connectivity index (χ0n) is 15.4. The number of nitrogens with two attached hydrogens (primary N) is 1. The Morgan fingerprint density at radius 3 is 2.48 bits per heavy atom. The maximum absolute atomic E-state index is 13.2. The van der Waals surface area contributed by atoms with Gasteiger partial charge in [-0.3, -0.25) is 9.59 Å². The third-order valence-corrected chi connectivity index (χ3v) is 5.04. The van der Waals surface area contributed by atoms with E-state index in [1.807, 2.05) is 4.90 Å². The van der Waals surface area contributed by atoms with Gasteiger partial charge in [-0.15, -0.1) is 12.4 Å². The molecule has 3 N–H and O–H groups in total. The van der Waals surface area contributed by atoms with Crippen molar-refractivity contribution < 1.29 is 14.0 Å². The molecule has 1 aliphatic rings.